The van der Waals surface area contributed by atoms with E-state index in [1.54, 1.807) is 0 Å². The molecule has 0 amide bonds. The first-order valence-electron chi connectivity index (χ1n) is 23.8. The Hall–Kier alpha value is -3.84. The van der Waals surface area contributed by atoms with Crippen molar-refractivity contribution in [3.05, 3.63) is 71.8 Å². The quantitative estimate of drug-likeness (QED) is 0.155. The van der Waals surface area contributed by atoms with Crippen LogP contribution in [-0.4, -0.2) is 146 Å². The zero-order valence-corrected chi connectivity index (χ0v) is 41.8. The van der Waals surface area contributed by atoms with Crippen molar-refractivity contribution in [2.24, 2.45) is 23.7 Å². The summed E-state index contributed by atoms with van der Waals surface area (Å²) in [5.41, 5.74) is 2.02. The molecule has 12 nitrogen and oxygen atoms in total. The minimum atomic E-state index is -0.605. The minimum Gasteiger partial charge on any atom is -0.460 e. The van der Waals surface area contributed by atoms with Crippen molar-refractivity contribution < 1.29 is 38.1 Å². The van der Waals surface area contributed by atoms with Crippen LogP contribution in [0, 0.1) is 23.7 Å². The maximum absolute atomic E-state index is 14.4. The first-order valence-corrected chi connectivity index (χ1v) is 23.8. The third-order valence-electron chi connectivity index (χ3n) is 11.9. The van der Waals surface area contributed by atoms with Crippen LogP contribution in [0.2, 0.25) is 0 Å². The highest BCUT2D eigenvalue weighted by atomic mass is 16.6. The first-order chi connectivity index (χ1) is 30.1. The van der Waals surface area contributed by atoms with E-state index in [0.29, 0.717) is 64.7 Å². The molecule has 0 spiro atoms. The van der Waals surface area contributed by atoms with Crippen molar-refractivity contribution in [1.82, 2.24) is 19.6 Å². The minimum absolute atomic E-state index is 0.175. The van der Waals surface area contributed by atoms with Crippen LogP contribution < -0.4 is 0 Å². The van der Waals surface area contributed by atoms with Gasteiger partial charge in [-0.2, -0.15) is 0 Å². The zero-order chi connectivity index (χ0) is 47.7. The molecule has 1 aliphatic heterocycles. The second kappa shape index (κ2) is 27.0. The largest absolute Gasteiger partial charge is 0.460 e. The number of hydrogen-bond donors (Lipinski definition) is 0. The Balaban J connectivity index is 2.10. The number of benzene rings is 2. The lowest BCUT2D eigenvalue weighted by molar-refractivity contribution is -0.162. The molecule has 0 aliphatic carbocycles. The fourth-order valence-electron chi connectivity index (χ4n) is 8.73. The van der Waals surface area contributed by atoms with Crippen molar-refractivity contribution in [3.8, 4) is 0 Å². The number of carbonyl (C=O) groups is 4. The fourth-order valence-corrected chi connectivity index (χ4v) is 8.73. The number of nitrogens with zero attached hydrogens (tertiary/aromatic N) is 4. The summed E-state index contributed by atoms with van der Waals surface area (Å²) in [4.78, 5) is 65.0. The normalized spacial score (nSPS) is 27.0. The Morgan fingerprint density at radius 2 is 0.672 bits per heavy atom. The van der Waals surface area contributed by atoms with Crippen molar-refractivity contribution in [1.29, 1.82) is 0 Å². The summed E-state index contributed by atoms with van der Waals surface area (Å²) in [6.45, 7) is 21.5. The van der Waals surface area contributed by atoms with E-state index < -0.39 is 48.6 Å². The smallest absolute Gasteiger partial charge is 0.323 e. The maximum Gasteiger partial charge on any atom is 0.323 e. The highest BCUT2D eigenvalue weighted by molar-refractivity contribution is 5.78. The van der Waals surface area contributed by atoms with Crippen LogP contribution in [0.1, 0.15) is 106 Å². The SMILES string of the molecule is CC(C)C[C@H]1C(=O)O[C@H](Cc2ccccc2)CN(C)[C@@H](CC(C)C)C(=O)O[C@H](C)CN(C)[C@@H](CC(C)C)C(=O)O[C@H](Cc2ccccc2)CN(C)[C@@H](CC(C)C)C(=O)O[C@H](C)CN1C. The molecule has 12 heteroatoms. The van der Waals surface area contributed by atoms with Crippen molar-refractivity contribution in [2.45, 2.75) is 156 Å². The number of ether oxygens (including phenoxy) is 4. The number of likely N-dealkylation sites (N-methyl/N-ethyl adjacent to an activating group) is 4. The lowest BCUT2D eigenvalue weighted by Crippen LogP contribution is -2.51. The lowest BCUT2D eigenvalue weighted by Gasteiger charge is -2.36. The van der Waals surface area contributed by atoms with Gasteiger partial charge in [-0.1, -0.05) is 116 Å². The summed E-state index contributed by atoms with van der Waals surface area (Å²) in [7, 11) is 7.53. The standard InChI is InChI=1S/C52H84N4O8/c1-35(2)25-45-49(57)61-39(9)31-53(11)48(28-38(7)8)52(60)64-44(30-42-23-19-16-20-24-42)34-56(14)46(26-36(3)4)50(58)62-40(10)32-54(12)47(27-37(5)6)51(59)63-43(33-55(45)13)29-41-21-17-15-18-22-41/h15-24,35-40,43-48H,25-34H2,1-14H3/t39-,40-,43-,44-,45+,46+,47+,48+/m1/s1. The number of carbonyl (C=O) groups excluding carboxylic acids is 4. The summed E-state index contributed by atoms with van der Waals surface area (Å²) in [6, 6.07) is 17.4. The van der Waals surface area contributed by atoms with E-state index in [4.69, 9.17) is 18.9 Å². The van der Waals surface area contributed by atoms with Crippen molar-refractivity contribution >= 4 is 23.9 Å². The van der Waals surface area contributed by atoms with Gasteiger partial charge in [0.15, 0.2) is 0 Å². The highest BCUT2D eigenvalue weighted by Gasteiger charge is 2.36. The van der Waals surface area contributed by atoms with Crippen LogP contribution in [0.25, 0.3) is 0 Å². The van der Waals surface area contributed by atoms with Gasteiger partial charge in [-0.3, -0.25) is 38.8 Å². The van der Waals surface area contributed by atoms with Crippen LogP contribution in [0.3, 0.4) is 0 Å². The van der Waals surface area contributed by atoms with Gasteiger partial charge in [0.1, 0.15) is 48.6 Å². The maximum atomic E-state index is 14.4. The summed E-state index contributed by atoms with van der Waals surface area (Å²) in [5.74, 6) is -0.731. The average Bonchev–Trinajstić information content (AvgIpc) is 3.19. The second-order valence-electron chi connectivity index (χ2n) is 20.3. The highest BCUT2D eigenvalue weighted by Crippen LogP contribution is 2.23. The Labute approximate surface area is 386 Å². The molecule has 0 bridgehead atoms. The third kappa shape index (κ3) is 18.9. The summed E-state index contributed by atoms with van der Waals surface area (Å²) in [6.07, 6.45) is 0.828. The van der Waals surface area contributed by atoms with Gasteiger partial charge in [-0.25, -0.2) is 0 Å². The molecule has 8 atom stereocenters. The van der Waals surface area contributed by atoms with E-state index in [0.717, 1.165) is 11.1 Å². The van der Waals surface area contributed by atoms with E-state index in [2.05, 4.69) is 55.4 Å². The van der Waals surface area contributed by atoms with Gasteiger partial charge in [-0.05, 0) is 103 Å². The van der Waals surface area contributed by atoms with Crippen LogP contribution in [-0.2, 0) is 51.0 Å². The van der Waals surface area contributed by atoms with Gasteiger partial charge in [0.25, 0.3) is 0 Å². The molecule has 0 aromatic heterocycles. The van der Waals surface area contributed by atoms with Crippen LogP contribution >= 0.6 is 0 Å². The lowest BCUT2D eigenvalue weighted by atomic mass is 10.0. The van der Waals surface area contributed by atoms with Gasteiger partial charge >= 0.3 is 23.9 Å². The number of esters is 4. The first kappa shape index (κ1) is 54.5. The monoisotopic (exact) mass is 893 g/mol. The number of cyclic esters (lactones) is 4. The van der Waals surface area contributed by atoms with Gasteiger partial charge < -0.3 is 18.9 Å². The van der Waals surface area contributed by atoms with Crippen LogP contribution in [0.15, 0.2) is 60.7 Å². The molecule has 0 unspecified atom stereocenters. The Bertz CT molecular complexity index is 1550. The molecule has 0 radical (unpaired) electrons. The van der Waals surface area contributed by atoms with Gasteiger partial charge in [0.05, 0.1) is 0 Å². The predicted octanol–water partition coefficient (Wildman–Crippen LogP) is 7.56. The number of rotatable bonds is 12. The third-order valence-corrected chi connectivity index (χ3v) is 11.9. The predicted molar refractivity (Wildman–Crippen MR) is 255 cm³/mol. The molecular weight excluding hydrogens is 809 g/mol. The molecule has 1 saturated heterocycles. The molecule has 1 aliphatic rings. The molecule has 2 aromatic rings. The number of hydrogen-bond acceptors (Lipinski definition) is 12. The topological polar surface area (TPSA) is 118 Å². The Morgan fingerprint density at radius 1 is 0.422 bits per heavy atom. The van der Waals surface area contributed by atoms with Gasteiger partial charge in [0.2, 0.25) is 0 Å². The molecule has 2 aromatic carbocycles. The van der Waals surface area contributed by atoms with E-state index in [1.165, 1.54) is 0 Å². The summed E-state index contributed by atoms with van der Waals surface area (Å²) < 4.78 is 25.4. The van der Waals surface area contributed by atoms with E-state index in [-0.39, 0.29) is 47.5 Å². The second-order valence-corrected chi connectivity index (χ2v) is 20.3. The molecule has 64 heavy (non-hydrogen) atoms. The van der Waals surface area contributed by atoms with E-state index >= 15 is 0 Å². The molecule has 0 saturated carbocycles. The van der Waals surface area contributed by atoms with Gasteiger partial charge in [0, 0.05) is 39.0 Å². The van der Waals surface area contributed by atoms with Crippen LogP contribution in [0.4, 0.5) is 0 Å². The molecular formula is C52H84N4O8. The fraction of sp³-hybridized carbons (Fsp3) is 0.692. The zero-order valence-electron chi connectivity index (χ0n) is 41.8. The molecule has 360 valence electrons. The Kier molecular flexibility index (Phi) is 23.0. The molecule has 1 heterocycles. The average molecular weight is 893 g/mol. The van der Waals surface area contributed by atoms with Gasteiger partial charge in [-0.15, -0.1) is 0 Å². The molecule has 1 fully saturated rings. The molecule has 3 rings (SSSR count). The van der Waals surface area contributed by atoms with E-state index in [1.807, 2.05) is 122 Å². The van der Waals surface area contributed by atoms with E-state index in [9.17, 15) is 19.2 Å². The summed E-state index contributed by atoms with van der Waals surface area (Å²) in [5, 5.41) is 0. The van der Waals surface area contributed by atoms with Crippen molar-refractivity contribution in [2.75, 3.05) is 54.4 Å². The van der Waals surface area contributed by atoms with Crippen molar-refractivity contribution in [3.63, 3.8) is 0 Å². The Morgan fingerprint density at radius 3 is 0.938 bits per heavy atom. The summed E-state index contributed by atoms with van der Waals surface area (Å²) >= 11 is 0. The van der Waals surface area contributed by atoms with Crippen LogP contribution in [0.5, 0.6) is 0 Å². The molecule has 0 N–H and O–H groups in total.